The maximum Gasteiger partial charge on any atom is 0.319 e. The lowest BCUT2D eigenvalue weighted by molar-refractivity contribution is 0.0582. The fourth-order valence-electron chi connectivity index (χ4n) is 3.69. The number of carbonyl (C=O) groups is 3. The zero-order valence-electron chi connectivity index (χ0n) is 17.6. The van der Waals surface area contributed by atoms with Crippen LogP contribution in [0.5, 0.6) is 5.75 Å². The van der Waals surface area contributed by atoms with E-state index >= 15 is 0 Å². The van der Waals surface area contributed by atoms with Gasteiger partial charge in [0.25, 0.3) is 11.8 Å². The van der Waals surface area contributed by atoms with Crippen molar-refractivity contribution < 1.29 is 19.1 Å². The number of hydrogen-bond donors (Lipinski definition) is 2. The van der Waals surface area contributed by atoms with E-state index in [0.29, 0.717) is 29.2 Å². The van der Waals surface area contributed by atoms with Crippen LogP contribution >= 0.6 is 0 Å². The summed E-state index contributed by atoms with van der Waals surface area (Å²) < 4.78 is 5.40. The minimum atomic E-state index is -0.644. The number of nitrogens with one attached hydrogen (secondary N) is 2. The molecule has 2 N–H and O–H groups in total. The molecule has 0 aliphatic carbocycles. The number of rotatable bonds is 7. The highest BCUT2D eigenvalue weighted by molar-refractivity contribution is 6.21. The van der Waals surface area contributed by atoms with E-state index in [-0.39, 0.29) is 18.4 Å². The number of imide groups is 1. The molecule has 0 saturated heterocycles. The Morgan fingerprint density at radius 3 is 2.06 bits per heavy atom. The highest BCUT2D eigenvalue weighted by atomic mass is 16.5. The molecule has 162 valence electrons. The molecule has 7 nitrogen and oxygen atoms in total. The molecule has 3 aromatic carbocycles. The van der Waals surface area contributed by atoms with Crippen molar-refractivity contribution in [2.24, 2.45) is 0 Å². The summed E-state index contributed by atoms with van der Waals surface area (Å²) in [5.74, 6) is -0.0189. The third-order valence-electron chi connectivity index (χ3n) is 5.20. The van der Waals surface area contributed by atoms with Gasteiger partial charge in [0.1, 0.15) is 5.75 Å². The van der Waals surface area contributed by atoms with Gasteiger partial charge in [-0.3, -0.25) is 14.5 Å². The minimum Gasteiger partial charge on any atom is -0.494 e. The number of carbonyl (C=O) groups excluding carboxylic acids is 3. The lowest BCUT2D eigenvalue weighted by Gasteiger charge is -2.27. The standard InChI is InChI=1S/C25H23N3O4/c1-2-32-19-14-12-18(13-15-19)27-25(31)26-16-22(17-8-4-3-5-9-17)28-23(29)20-10-6-7-11-21(20)24(28)30/h3-15,22H,2,16H2,1H3,(H2,26,27,31). The number of ether oxygens (including phenoxy) is 1. The molecular weight excluding hydrogens is 406 g/mol. The van der Waals surface area contributed by atoms with E-state index in [2.05, 4.69) is 10.6 Å². The first-order valence-corrected chi connectivity index (χ1v) is 10.4. The SMILES string of the molecule is CCOc1ccc(NC(=O)NCC(c2ccccc2)N2C(=O)c3ccccc3C2=O)cc1. The molecule has 0 spiro atoms. The second-order valence-electron chi connectivity index (χ2n) is 7.24. The summed E-state index contributed by atoms with van der Waals surface area (Å²) >= 11 is 0. The number of hydrogen-bond acceptors (Lipinski definition) is 4. The van der Waals surface area contributed by atoms with Crippen LogP contribution in [0.25, 0.3) is 0 Å². The second-order valence-corrected chi connectivity index (χ2v) is 7.24. The molecule has 1 unspecified atom stereocenters. The van der Waals surface area contributed by atoms with Crippen LogP contribution in [0.15, 0.2) is 78.9 Å². The minimum absolute atomic E-state index is 0.0678. The van der Waals surface area contributed by atoms with Crippen molar-refractivity contribution in [3.63, 3.8) is 0 Å². The normalized spacial score (nSPS) is 13.5. The van der Waals surface area contributed by atoms with Gasteiger partial charge in [-0.15, -0.1) is 0 Å². The van der Waals surface area contributed by atoms with Crippen molar-refractivity contribution >= 4 is 23.5 Å². The number of urea groups is 1. The molecule has 0 radical (unpaired) electrons. The van der Waals surface area contributed by atoms with E-state index in [1.807, 2.05) is 37.3 Å². The maximum absolute atomic E-state index is 13.0. The molecule has 7 heteroatoms. The average molecular weight is 429 g/mol. The van der Waals surface area contributed by atoms with Gasteiger partial charge in [-0.1, -0.05) is 42.5 Å². The van der Waals surface area contributed by atoms with Gasteiger partial charge in [-0.2, -0.15) is 0 Å². The summed E-state index contributed by atoms with van der Waals surface area (Å²) in [6.07, 6.45) is 0. The van der Waals surface area contributed by atoms with Gasteiger partial charge in [0.05, 0.1) is 23.8 Å². The van der Waals surface area contributed by atoms with Gasteiger partial charge in [-0.25, -0.2) is 4.79 Å². The van der Waals surface area contributed by atoms with Gasteiger partial charge < -0.3 is 15.4 Å². The first-order chi connectivity index (χ1) is 15.6. The van der Waals surface area contributed by atoms with Gasteiger partial charge in [0, 0.05) is 12.2 Å². The summed E-state index contributed by atoms with van der Waals surface area (Å²) in [4.78, 5) is 39.7. The highest BCUT2D eigenvalue weighted by Gasteiger charge is 2.40. The largest absolute Gasteiger partial charge is 0.494 e. The summed E-state index contributed by atoms with van der Waals surface area (Å²) in [6, 6.07) is 21.9. The van der Waals surface area contributed by atoms with Crippen molar-refractivity contribution in [1.82, 2.24) is 10.2 Å². The molecule has 0 fully saturated rings. The molecule has 3 aromatic rings. The lowest BCUT2D eigenvalue weighted by Crippen LogP contribution is -2.42. The van der Waals surface area contributed by atoms with Crippen LogP contribution in [0.3, 0.4) is 0 Å². The smallest absolute Gasteiger partial charge is 0.319 e. The third-order valence-corrected chi connectivity index (χ3v) is 5.20. The van der Waals surface area contributed by atoms with E-state index < -0.39 is 12.1 Å². The van der Waals surface area contributed by atoms with Crippen molar-refractivity contribution in [2.45, 2.75) is 13.0 Å². The van der Waals surface area contributed by atoms with Gasteiger partial charge in [0.15, 0.2) is 0 Å². The predicted octanol–water partition coefficient (Wildman–Crippen LogP) is 4.24. The lowest BCUT2D eigenvalue weighted by atomic mass is 10.1. The van der Waals surface area contributed by atoms with E-state index in [9.17, 15) is 14.4 Å². The molecule has 1 aliphatic heterocycles. The molecule has 1 heterocycles. The number of anilines is 1. The first kappa shape index (κ1) is 21.1. The van der Waals surface area contributed by atoms with Crippen molar-refractivity contribution in [1.29, 1.82) is 0 Å². The molecule has 0 saturated carbocycles. The number of nitrogens with zero attached hydrogens (tertiary/aromatic N) is 1. The fraction of sp³-hybridized carbons (Fsp3) is 0.160. The van der Waals surface area contributed by atoms with E-state index in [4.69, 9.17) is 4.74 Å². The van der Waals surface area contributed by atoms with Gasteiger partial charge in [0.2, 0.25) is 0 Å². The molecule has 4 amide bonds. The first-order valence-electron chi connectivity index (χ1n) is 10.4. The second kappa shape index (κ2) is 9.34. The van der Waals surface area contributed by atoms with Crippen LogP contribution in [0.2, 0.25) is 0 Å². The number of amides is 4. The molecule has 0 aromatic heterocycles. The Bertz CT molecular complexity index is 1090. The molecule has 4 rings (SSSR count). The Kier molecular flexibility index (Phi) is 6.17. The zero-order chi connectivity index (χ0) is 22.5. The van der Waals surface area contributed by atoms with Crippen molar-refractivity contribution in [2.75, 3.05) is 18.5 Å². The van der Waals surface area contributed by atoms with E-state index in [1.165, 1.54) is 4.90 Å². The van der Waals surface area contributed by atoms with Gasteiger partial charge >= 0.3 is 6.03 Å². The topological polar surface area (TPSA) is 87.7 Å². The molecular formula is C25H23N3O4. The molecule has 0 bridgehead atoms. The van der Waals surface area contributed by atoms with E-state index in [0.717, 1.165) is 5.56 Å². The summed E-state index contributed by atoms with van der Waals surface area (Å²) in [5, 5.41) is 5.54. The van der Waals surface area contributed by atoms with Crippen LogP contribution in [-0.2, 0) is 0 Å². The zero-order valence-corrected chi connectivity index (χ0v) is 17.6. The summed E-state index contributed by atoms with van der Waals surface area (Å²) in [7, 11) is 0. The van der Waals surface area contributed by atoms with Gasteiger partial charge in [-0.05, 0) is 48.9 Å². The third kappa shape index (κ3) is 4.32. The summed E-state index contributed by atoms with van der Waals surface area (Å²) in [5.41, 5.74) is 2.10. The quantitative estimate of drug-likeness (QED) is 0.550. The summed E-state index contributed by atoms with van der Waals surface area (Å²) in [6.45, 7) is 2.53. The van der Waals surface area contributed by atoms with E-state index in [1.54, 1.807) is 48.5 Å². The highest BCUT2D eigenvalue weighted by Crippen LogP contribution is 2.31. The van der Waals surface area contributed by atoms with Crippen LogP contribution in [0, 0.1) is 0 Å². The Hall–Kier alpha value is -4.13. The number of benzene rings is 3. The van der Waals surface area contributed by atoms with Crippen LogP contribution in [-0.4, -0.2) is 35.9 Å². The van der Waals surface area contributed by atoms with Crippen molar-refractivity contribution in [3.05, 3.63) is 95.6 Å². The average Bonchev–Trinajstić information content (AvgIpc) is 3.07. The Balaban J connectivity index is 1.49. The molecule has 1 atom stereocenters. The monoisotopic (exact) mass is 429 g/mol. The predicted molar refractivity (Wildman–Crippen MR) is 121 cm³/mol. The number of fused-ring (bicyclic) bond motifs is 1. The molecule has 32 heavy (non-hydrogen) atoms. The molecule has 1 aliphatic rings. The Morgan fingerprint density at radius 1 is 0.875 bits per heavy atom. The van der Waals surface area contributed by atoms with Crippen LogP contribution < -0.4 is 15.4 Å². The van der Waals surface area contributed by atoms with Crippen LogP contribution in [0.4, 0.5) is 10.5 Å². The Labute approximate surface area is 186 Å². The Morgan fingerprint density at radius 2 is 1.47 bits per heavy atom. The van der Waals surface area contributed by atoms with Crippen LogP contribution in [0.1, 0.15) is 39.2 Å². The fourth-order valence-corrected chi connectivity index (χ4v) is 3.69. The van der Waals surface area contributed by atoms with Crippen molar-refractivity contribution in [3.8, 4) is 5.75 Å². The maximum atomic E-state index is 13.0.